The highest BCUT2D eigenvalue weighted by Crippen LogP contribution is 2.14. The van der Waals surface area contributed by atoms with E-state index in [4.69, 9.17) is 4.74 Å². The van der Waals surface area contributed by atoms with E-state index in [1.807, 2.05) is 6.07 Å². The van der Waals surface area contributed by atoms with Crippen molar-refractivity contribution in [3.63, 3.8) is 0 Å². The van der Waals surface area contributed by atoms with E-state index >= 15 is 0 Å². The summed E-state index contributed by atoms with van der Waals surface area (Å²) in [6.07, 6.45) is 5.09. The SMILES string of the molecule is O=C(NCc1cccnc1)c1ccc(S(=O)(=O)NCC2CCCO2)cc1. The minimum absolute atomic E-state index is 0.0673. The number of rotatable bonds is 7. The van der Waals surface area contributed by atoms with Gasteiger partial charge in [0.15, 0.2) is 0 Å². The van der Waals surface area contributed by atoms with E-state index in [1.54, 1.807) is 18.5 Å². The van der Waals surface area contributed by atoms with Crippen LogP contribution < -0.4 is 10.0 Å². The average molecular weight is 375 g/mol. The van der Waals surface area contributed by atoms with Gasteiger partial charge in [-0.3, -0.25) is 9.78 Å². The molecule has 2 heterocycles. The van der Waals surface area contributed by atoms with Gasteiger partial charge in [0.25, 0.3) is 5.91 Å². The number of aromatic nitrogens is 1. The van der Waals surface area contributed by atoms with Gasteiger partial charge >= 0.3 is 0 Å². The molecule has 0 spiro atoms. The van der Waals surface area contributed by atoms with Crippen molar-refractivity contribution in [3.05, 3.63) is 59.9 Å². The first-order valence-electron chi connectivity index (χ1n) is 8.43. The van der Waals surface area contributed by atoms with Gasteiger partial charge in [-0.2, -0.15) is 0 Å². The molecule has 1 aromatic heterocycles. The van der Waals surface area contributed by atoms with E-state index in [0.29, 0.717) is 18.7 Å². The molecule has 1 saturated heterocycles. The van der Waals surface area contributed by atoms with Crippen LogP contribution in [-0.4, -0.2) is 38.6 Å². The summed E-state index contributed by atoms with van der Waals surface area (Å²) in [4.78, 5) is 16.3. The number of nitrogens with zero attached hydrogens (tertiary/aromatic N) is 1. The second-order valence-electron chi connectivity index (χ2n) is 6.06. The molecular weight excluding hydrogens is 354 g/mol. The van der Waals surface area contributed by atoms with Gasteiger partial charge in [0.05, 0.1) is 11.0 Å². The summed E-state index contributed by atoms with van der Waals surface area (Å²) in [6.45, 7) is 1.29. The monoisotopic (exact) mass is 375 g/mol. The Balaban J connectivity index is 1.57. The Labute approximate surface area is 152 Å². The molecule has 1 aliphatic rings. The van der Waals surface area contributed by atoms with Crippen LogP contribution in [0.25, 0.3) is 0 Å². The Morgan fingerprint density at radius 2 is 2.04 bits per heavy atom. The third-order valence-corrected chi connectivity index (χ3v) is 5.57. The molecule has 7 nitrogen and oxygen atoms in total. The van der Waals surface area contributed by atoms with E-state index < -0.39 is 10.0 Å². The Morgan fingerprint density at radius 3 is 2.69 bits per heavy atom. The number of hydrogen-bond acceptors (Lipinski definition) is 5. The molecule has 1 atom stereocenters. The smallest absolute Gasteiger partial charge is 0.251 e. The minimum Gasteiger partial charge on any atom is -0.377 e. The lowest BCUT2D eigenvalue weighted by atomic mass is 10.2. The fourth-order valence-electron chi connectivity index (χ4n) is 2.66. The molecule has 1 fully saturated rings. The molecule has 8 heteroatoms. The quantitative estimate of drug-likeness (QED) is 0.764. The molecule has 138 valence electrons. The van der Waals surface area contributed by atoms with Gasteiger partial charge in [-0.15, -0.1) is 0 Å². The van der Waals surface area contributed by atoms with Crippen LogP contribution in [0.2, 0.25) is 0 Å². The van der Waals surface area contributed by atoms with E-state index in [0.717, 1.165) is 18.4 Å². The molecular formula is C18H21N3O4S. The molecule has 0 bridgehead atoms. The van der Waals surface area contributed by atoms with Crippen LogP contribution in [-0.2, 0) is 21.3 Å². The first-order valence-corrected chi connectivity index (χ1v) is 9.91. The lowest BCUT2D eigenvalue weighted by Crippen LogP contribution is -2.31. The van der Waals surface area contributed by atoms with Crippen LogP contribution in [0.15, 0.2) is 53.7 Å². The van der Waals surface area contributed by atoms with Crippen molar-refractivity contribution in [2.24, 2.45) is 0 Å². The van der Waals surface area contributed by atoms with Gasteiger partial charge < -0.3 is 10.1 Å². The fraction of sp³-hybridized carbons (Fsp3) is 0.333. The Kier molecular flexibility index (Phi) is 5.97. The van der Waals surface area contributed by atoms with Gasteiger partial charge in [0.2, 0.25) is 10.0 Å². The number of hydrogen-bond donors (Lipinski definition) is 2. The zero-order valence-electron chi connectivity index (χ0n) is 14.2. The molecule has 1 amide bonds. The van der Waals surface area contributed by atoms with Crippen molar-refractivity contribution < 1.29 is 17.9 Å². The standard InChI is InChI=1S/C18H21N3O4S/c22-18(20-12-14-3-1-9-19-11-14)15-5-7-17(8-6-15)26(23,24)21-13-16-4-2-10-25-16/h1,3,5-9,11,16,21H,2,4,10,12-13H2,(H,20,22). The van der Waals surface area contributed by atoms with Crippen LogP contribution in [0.3, 0.4) is 0 Å². The number of ether oxygens (including phenoxy) is 1. The Morgan fingerprint density at radius 1 is 1.23 bits per heavy atom. The summed E-state index contributed by atoms with van der Waals surface area (Å²) in [5.74, 6) is -0.273. The summed E-state index contributed by atoms with van der Waals surface area (Å²) >= 11 is 0. The van der Waals surface area contributed by atoms with Gasteiger partial charge in [-0.25, -0.2) is 13.1 Å². The zero-order chi connectivity index (χ0) is 18.4. The number of benzene rings is 1. The maximum atomic E-state index is 12.3. The largest absolute Gasteiger partial charge is 0.377 e. The number of carbonyl (C=O) groups is 1. The lowest BCUT2D eigenvalue weighted by Gasteiger charge is -2.11. The zero-order valence-corrected chi connectivity index (χ0v) is 15.0. The van der Waals surface area contributed by atoms with Gasteiger partial charge in [-0.05, 0) is 48.7 Å². The predicted octanol–water partition coefficient (Wildman–Crippen LogP) is 1.47. The van der Waals surface area contributed by atoms with Crippen molar-refractivity contribution in [2.75, 3.05) is 13.2 Å². The molecule has 2 N–H and O–H groups in total. The van der Waals surface area contributed by atoms with Crippen LogP contribution in [0.5, 0.6) is 0 Å². The van der Waals surface area contributed by atoms with Crippen molar-refractivity contribution in [1.82, 2.24) is 15.0 Å². The molecule has 1 aromatic carbocycles. The number of amides is 1. The van der Waals surface area contributed by atoms with Crippen molar-refractivity contribution >= 4 is 15.9 Å². The van der Waals surface area contributed by atoms with Crippen LogP contribution in [0, 0.1) is 0 Å². The molecule has 0 aliphatic carbocycles. The highest BCUT2D eigenvalue weighted by Gasteiger charge is 2.20. The minimum atomic E-state index is -3.62. The van der Waals surface area contributed by atoms with Crippen molar-refractivity contribution in [1.29, 1.82) is 0 Å². The third-order valence-electron chi connectivity index (χ3n) is 4.13. The highest BCUT2D eigenvalue weighted by atomic mass is 32.2. The number of nitrogens with one attached hydrogen (secondary N) is 2. The van der Waals surface area contributed by atoms with Crippen molar-refractivity contribution in [2.45, 2.75) is 30.4 Å². The molecule has 2 aromatic rings. The van der Waals surface area contributed by atoms with Crippen molar-refractivity contribution in [3.8, 4) is 0 Å². The molecule has 1 unspecified atom stereocenters. The van der Waals surface area contributed by atoms with Gasteiger partial charge in [0.1, 0.15) is 0 Å². The molecule has 3 rings (SSSR count). The summed E-state index contributed by atoms with van der Waals surface area (Å²) < 4.78 is 32.6. The summed E-state index contributed by atoms with van der Waals surface area (Å²) in [7, 11) is -3.62. The highest BCUT2D eigenvalue weighted by molar-refractivity contribution is 7.89. The molecule has 0 saturated carbocycles. The van der Waals surface area contributed by atoms with E-state index in [-0.39, 0.29) is 23.5 Å². The summed E-state index contributed by atoms with van der Waals surface area (Å²) in [5.41, 5.74) is 1.28. The van der Waals surface area contributed by atoms with Gasteiger partial charge in [0, 0.05) is 37.7 Å². The van der Waals surface area contributed by atoms with Gasteiger partial charge in [-0.1, -0.05) is 6.07 Å². The predicted molar refractivity (Wildman–Crippen MR) is 96.0 cm³/mol. The number of pyridine rings is 1. The second-order valence-corrected chi connectivity index (χ2v) is 7.82. The average Bonchev–Trinajstić information content (AvgIpc) is 3.19. The normalized spacial score (nSPS) is 17.2. The van der Waals surface area contributed by atoms with E-state index in [9.17, 15) is 13.2 Å². The Bertz CT molecular complexity index is 832. The fourth-order valence-corrected chi connectivity index (χ4v) is 3.73. The number of carbonyl (C=O) groups excluding carboxylic acids is 1. The summed E-state index contributed by atoms with van der Waals surface area (Å²) in [5, 5.41) is 2.78. The van der Waals surface area contributed by atoms with E-state index in [1.165, 1.54) is 24.3 Å². The first-order chi connectivity index (χ1) is 12.5. The molecule has 26 heavy (non-hydrogen) atoms. The first kappa shape index (κ1) is 18.5. The van der Waals surface area contributed by atoms with Crippen LogP contribution >= 0.6 is 0 Å². The summed E-state index contributed by atoms with van der Waals surface area (Å²) in [6, 6.07) is 9.51. The number of sulfonamides is 1. The lowest BCUT2D eigenvalue weighted by molar-refractivity contribution is 0.0950. The maximum absolute atomic E-state index is 12.3. The Hall–Kier alpha value is -2.29. The van der Waals surface area contributed by atoms with Crippen LogP contribution in [0.4, 0.5) is 0 Å². The topological polar surface area (TPSA) is 97.4 Å². The second kappa shape index (κ2) is 8.39. The maximum Gasteiger partial charge on any atom is 0.251 e. The molecule has 1 aliphatic heterocycles. The third kappa shape index (κ3) is 4.87. The van der Waals surface area contributed by atoms with E-state index in [2.05, 4.69) is 15.0 Å². The van der Waals surface area contributed by atoms with Crippen LogP contribution in [0.1, 0.15) is 28.8 Å². The molecule has 0 radical (unpaired) electrons.